The van der Waals surface area contributed by atoms with E-state index in [1.807, 2.05) is 24.3 Å². The van der Waals surface area contributed by atoms with Gasteiger partial charge in [-0.05, 0) is 30.3 Å². The Balaban J connectivity index is 1.21. The van der Waals surface area contributed by atoms with Gasteiger partial charge in [-0.3, -0.25) is 9.59 Å². The van der Waals surface area contributed by atoms with Crippen molar-refractivity contribution in [3.63, 3.8) is 0 Å². The number of thiazole rings is 1. The van der Waals surface area contributed by atoms with Gasteiger partial charge in [0.1, 0.15) is 0 Å². The van der Waals surface area contributed by atoms with E-state index < -0.39 is 0 Å². The molecule has 0 unspecified atom stereocenters. The maximum Gasteiger partial charge on any atom is 0.254 e. The van der Waals surface area contributed by atoms with Gasteiger partial charge >= 0.3 is 0 Å². The van der Waals surface area contributed by atoms with Crippen LogP contribution >= 0.6 is 11.3 Å². The molecule has 2 amide bonds. The molecule has 0 spiro atoms. The third-order valence-electron chi connectivity index (χ3n) is 4.68. The van der Waals surface area contributed by atoms with Crippen molar-refractivity contribution in [1.29, 1.82) is 0 Å². The van der Waals surface area contributed by atoms with Crippen LogP contribution in [-0.2, 0) is 4.79 Å². The summed E-state index contributed by atoms with van der Waals surface area (Å²) in [5.74, 6) is 0.769. The first kappa shape index (κ1) is 16.1. The van der Waals surface area contributed by atoms with Crippen molar-refractivity contribution in [1.82, 2.24) is 9.88 Å². The van der Waals surface area contributed by atoms with Crippen molar-refractivity contribution in [3.8, 4) is 11.5 Å². The van der Waals surface area contributed by atoms with E-state index in [0.29, 0.717) is 35.3 Å². The monoisotopic (exact) mass is 381 g/mol. The van der Waals surface area contributed by atoms with Crippen LogP contribution in [0, 0.1) is 5.92 Å². The van der Waals surface area contributed by atoms with E-state index in [4.69, 9.17) is 9.47 Å². The van der Waals surface area contributed by atoms with E-state index in [0.717, 1.165) is 10.2 Å². The minimum atomic E-state index is -0.227. The molecule has 1 N–H and O–H groups in total. The number of hydrogen-bond acceptors (Lipinski definition) is 6. The molecule has 1 saturated heterocycles. The van der Waals surface area contributed by atoms with Crippen LogP contribution in [0.1, 0.15) is 10.4 Å². The van der Waals surface area contributed by atoms with E-state index in [1.54, 1.807) is 23.1 Å². The molecule has 3 heterocycles. The highest BCUT2D eigenvalue weighted by atomic mass is 32.1. The minimum Gasteiger partial charge on any atom is -0.454 e. The van der Waals surface area contributed by atoms with Gasteiger partial charge in [-0.1, -0.05) is 23.5 Å². The normalized spacial score (nSPS) is 15.6. The summed E-state index contributed by atoms with van der Waals surface area (Å²) < 4.78 is 11.6. The number of anilines is 1. The van der Waals surface area contributed by atoms with Gasteiger partial charge in [0.25, 0.3) is 5.91 Å². The summed E-state index contributed by atoms with van der Waals surface area (Å²) in [7, 11) is 0. The fraction of sp³-hybridized carbons (Fsp3) is 0.211. The smallest absolute Gasteiger partial charge is 0.254 e. The molecular formula is C19H15N3O4S. The van der Waals surface area contributed by atoms with E-state index in [1.165, 1.54) is 11.3 Å². The zero-order valence-corrected chi connectivity index (χ0v) is 15.0. The van der Waals surface area contributed by atoms with Crippen molar-refractivity contribution in [3.05, 3.63) is 48.0 Å². The molecule has 0 radical (unpaired) electrons. The van der Waals surface area contributed by atoms with Crippen LogP contribution in [0.5, 0.6) is 11.5 Å². The van der Waals surface area contributed by atoms with Gasteiger partial charge in [0.05, 0.1) is 16.1 Å². The second-order valence-corrected chi connectivity index (χ2v) is 7.48. The number of ether oxygens (including phenoxy) is 2. The predicted octanol–water partition coefficient (Wildman–Crippen LogP) is 2.74. The number of para-hydroxylation sites is 1. The van der Waals surface area contributed by atoms with Gasteiger partial charge in [0, 0.05) is 18.7 Å². The van der Waals surface area contributed by atoms with Crippen LogP contribution < -0.4 is 14.8 Å². The predicted molar refractivity (Wildman–Crippen MR) is 100 cm³/mol. The van der Waals surface area contributed by atoms with Crippen molar-refractivity contribution >= 4 is 38.5 Å². The maximum absolute atomic E-state index is 12.6. The lowest BCUT2D eigenvalue weighted by molar-refractivity contribution is -0.123. The SMILES string of the molecule is O=C(Nc1nc2ccccc2s1)C1CN(C(=O)c2ccc3c(c2)OCO3)C1. The summed E-state index contributed by atoms with van der Waals surface area (Å²) in [6.07, 6.45) is 0. The Morgan fingerprint density at radius 3 is 2.78 bits per heavy atom. The van der Waals surface area contributed by atoms with Gasteiger partial charge in [-0.2, -0.15) is 0 Å². The van der Waals surface area contributed by atoms with E-state index in [-0.39, 0.29) is 24.5 Å². The highest BCUT2D eigenvalue weighted by Gasteiger charge is 2.36. The first-order chi connectivity index (χ1) is 13.2. The van der Waals surface area contributed by atoms with Crippen molar-refractivity contribution < 1.29 is 19.1 Å². The Kier molecular flexibility index (Phi) is 3.71. The van der Waals surface area contributed by atoms with Gasteiger partial charge < -0.3 is 19.7 Å². The fourth-order valence-electron chi connectivity index (χ4n) is 3.16. The first-order valence-corrected chi connectivity index (χ1v) is 9.34. The molecule has 27 heavy (non-hydrogen) atoms. The van der Waals surface area contributed by atoms with Gasteiger partial charge in [0.15, 0.2) is 16.6 Å². The van der Waals surface area contributed by atoms with E-state index in [9.17, 15) is 9.59 Å². The molecule has 7 nitrogen and oxygen atoms in total. The lowest BCUT2D eigenvalue weighted by Gasteiger charge is -2.38. The summed E-state index contributed by atoms with van der Waals surface area (Å²) in [5, 5.41) is 3.45. The van der Waals surface area contributed by atoms with Gasteiger partial charge in [-0.15, -0.1) is 0 Å². The summed E-state index contributed by atoms with van der Waals surface area (Å²) in [6, 6.07) is 12.9. The fourth-order valence-corrected chi connectivity index (χ4v) is 4.02. The molecule has 0 aliphatic carbocycles. The Bertz CT molecular complexity index is 1030. The second-order valence-electron chi connectivity index (χ2n) is 6.45. The molecule has 0 atom stereocenters. The molecule has 2 aromatic carbocycles. The van der Waals surface area contributed by atoms with Crippen LogP contribution in [0.4, 0.5) is 5.13 Å². The summed E-state index contributed by atoms with van der Waals surface area (Å²) >= 11 is 1.44. The molecule has 3 aromatic rings. The molecule has 1 aromatic heterocycles. The molecule has 0 saturated carbocycles. The molecular weight excluding hydrogens is 366 g/mol. The summed E-state index contributed by atoms with van der Waals surface area (Å²) in [6.45, 7) is 0.957. The Morgan fingerprint density at radius 2 is 1.93 bits per heavy atom. The zero-order chi connectivity index (χ0) is 18.4. The van der Waals surface area contributed by atoms with E-state index >= 15 is 0 Å². The van der Waals surface area contributed by atoms with Gasteiger partial charge in [-0.25, -0.2) is 4.98 Å². The number of fused-ring (bicyclic) bond motifs is 2. The first-order valence-electron chi connectivity index (χ1n) is 8.53. The van der Waals surface area contributed by atoms with Gasteiger partial charge in [0.2, 0.25) is 12.7 Å². The van der Waals surface area contributed by atoms with Crippen molar-refractivity contribution in [2.24, 2.45) is 5.92 Å². The zero-order valence-electron chi connectivity index (χ0n) is 14.2. The highest BCUT2D eigenvalue weighted by Crippen LogP contribution is 2.33. The topological polar surface area (TPSA) is 80.8 Å². The summed E-state index contributed by atoms with van der Waals surface area (Å²) in [4.78, 5) is 31.0. The average molecular weight is 381 g/mol. The van der Waals surface area contributed by atoms with Crippen LogP contribution in [0.3, 0.4) is 0 Å². The molecule has 8 heteroatoms. The maximum atomic E-state index is 12.6. The lowest BCUT2D eigenvalue weighted by Crippen LogP contribution is -2.54. The molecule has 1 fully saturated rings. The van der Waals surface area contributed by atoms with Crippen LogP contribution in [0.25, 0.3) is 10.2 Å². The quantitative estimate of drug-likeness (QED) is 0.755. The number of hydrogen-bond donors (Lipinski definition) is 1. The minimum absolute atomic E-state index is 0.108. The van der Waals surface area contributed by atoms with E-state index in [2.05, 4.69) is 10.3 Å². The Labute approximate surface area is 158 Å². The lowest BCUT2D eigenvalue weighted by atomic mass is 9.98. The third kappa shape index (κ3) is 2.87. The number of carbonyl (C=O) groups is 2. The average Bonchev–Trinajstić information content (AvgIpc) is 3.25. The van der Waals surface area contributed by atoms with Crippen molar-refractivity contribution in [2.45, 2.75) is 0 Å². The number of nitrogens with zero attached hydrogens (tertiary/aromatic N) is 2. The number of aromatic nitrogens is 1. The number of benzene rings is 2. The number of rotatable bonds is 3. The van der Waals surface area contributed by atoms with Crippen LogP contribution in [-0.4, -0.2) is 41.6 Å². The molecule has 0 bridgehead atoms. The third-order valence-corrected chi connectivity index (χ3v) is 5.63. The Morgan fingerprint density at radius 1 is 1.11 bits per heavy atom. The molecule has 136 valence electrons. The number of likely N-dealkylation sites (tertiary alicyclic amines) is 1. The van der Waals surface area contributed by atoms with Crippen molar-refractivity contribution in [2.75, 3.05) is 25.2 Å². The van der Waals surface area contributed by atoms with Crippen LogP contribution in [0.2, 0.25) is 0 Å². The number of nitrogens with one attached hydrogen (secondary N) is 1. The molecule has 2 aliphatic heterocycles. The number of amides is 2. The van der Waals surface area contributed by atoms with Crippen LogP contribution in [0.15, 0.2) is 42.5 Å². The highest BCUT2D eigenvalue weighted by molar-refractivity contribution is 7.22. The largest absolute Gasteiger partial charge is 0.454 e. The standard InChI is InChI=1S/C19H15N3O4S/c23-17(21-19-20-13-3-1-2-4-16(13)27-19)12-8-22(9-12)18(24)11-5-6-14-15(7-11)26-10-25-14/h1-7,12H,8-10H2,(H,20,21,23). The second kappa shape index (κ2) is 6.24. The number of carbonyl (C=O) groups excluding carboxylic acids is 2. The summed E-state index contributed by atoms with van der Waals surface area (Å²) in [5.41, 5.74) is 1.40. The Hall–Kier alpha value is -3.13. The molecule has 2 aliphatic rings. The molecule has 5 rings (SSSR count).